The van der Waals surface area contributed by atoms with E-state index in [1.807, 2.05) is 30.5 Å². The van der Waals surface area contributed by atoms with Crippen LogP contribution in [0.15, 0.2) is 30.5 Å². The Labute approximate surface area is 117 Å². The quantitative estimate of drug-likeness (QED) is 0.841. The molecule has 0 aliphatic carbocycles. The number of thiazole rings is 1. The Kier molecular flexibility index (Phi) is 5.03. The monoisotopic (exact) mass is 278 g/mol. The Morgan fingerprint density at radius 2 is 2.05 bits per heavy atom. The minimum Gasteiger partial charge on any atom is -0.493 e. The van der Waals surface area contributed by atoms with Gasteiger partial charge in [0.1, 0.15) is 6.61 Å². The molecule has 0 bridgehead atoms. The lowest BCUT2D eigenvalue weighted by Gasteiger charge is -2.08. The van der Waals surface area contributed by atoms with Gasteiger partial charge in [0.05, 0.1) is 12.0 Å². The van der Waals surface area contributed by atoms with Gasteiger partial charge in [-0.15, -0.1) is 0 Å². The van der Waals surface area contributed by atoms with E-state index in [2.05, 4.69) is 17.2 Å². The standard InChI is InChI=1S/C14H18N2O2S/c1-3-8-15-14-16-9-11(19-14)10-18-13-7-5-4-6-12(13)17-2/h4-7,9H,3,8,10H2,1-2H3,(H,15,16). The van der Waals surface area contributed by atoms with E-state index < -0.39 is 0 Å². The highest BCUT2D eigenvalue weighted by molar-refractivity contribution is 7.15. The van der Waals surface area contributed by atoms with Gasteiger partial charge in [0.15, 0.2) is 16.6 Å². The SMILES string of the molecule is CCCNc1ncc(COc2ccccc2OC)s1. The van der Waals surface area contributed by atoms with Gasteiger partial charge in [-0.3, -0.25) is 0 Å². The molecule has 1 aromatic heterocycles. The number of benzene rings is 1. The lowest BCUT2D eigenvalue weighted by Crippen LogP contribution is -1.98. The molecule has 0 fully saturated rings. The molecule has 1 N–H and O–H groups in total. The van der Waals surface area contributed by atoms with Crippen LogP contribution in [-0.4, -0.2) is 18.6 Å². The van der Waals surface area contributed by atoms with Gasteiger partial charge in [0.25, 0.3) is 0 Å². The fourth-order valence-electron chi connectivity index (χ4n) is 1.57. The van der Waals surface area contributed by atoms with Crippen LogP contribution in [0.3, 0.4) is 0 Å². The molecule has 2 rings (SSSR count). The van der Waals surface area contributed by atoms with Gasteiger partial charge in [-0.05, 0) is 18.6 Å². The maximum atomic E-state index is 5.75. The van der Waals surface area contributed by atoms with E-state index in [9.17, 15) is 0 Å². The Morgan fingerprint density at radius 1 is 1.26 bits per heavy atom. The molecule has 1 aromatic carbocycles. The predicted molar refractivity (Wildman–Crippen MR) is 78.2 cm³/mol. The summed E-state index contributed by atoms with van der Waals surface area (Å²) < 4.78 is 11.0. The fourth-order valence-corrected chi connectivity index (χ4v) is 2.33. The van der Waals surface area contributed by atoms with Crippen LogP contribution in [0.1, 0.15) is 18.2 Å². The van der Waals surface area contributed by atoms with Crippen molar-refractivity contribution in [2.75, 3.05) is 19.0 Å². The molecule has 0 radical (unpaired) electrons. The zero-order chi connectivity index (χ0) is 13.5. The van der Waals surface area contributed by atoms with E-state index in [0.29, 0.717) is 6.61 Å². The molecule has 4 nitrogen and oxygen atoms in total. The van der Waals surface area contributed by atoms with Crippen LogP contribution in [0.2, 0.25) is 0 Å². The van der Waals surface area contributed by atoms with Crippen LogP contribution in [0.4, 0.5) is 5.13 Å². The first-order valence-corrected chi connectivity index (χ1v) is 7.09. The van der Waals surface area contributed by atoms with Crippen molar-refractivity contribution in [1.29, 1.82) is 0 Å². The van der Waals surface area contributed by atoms with Crippen molar-refractivity contribution in [3.8, 4) is 11.5 Å². The molecular formula is C14H18N2O2S. The number of rotatable bonds is 7. The van der Waals surface area contributed by atoms with Gasteiger partial charge in [0.2, 0.25) is 0 Å². The highest BCUT2D eigenvalue weighted by Crippen LogP contribution is 2.27. The van der Waals surface area contributed by atoms with E-state index in [1.165, 1.54) is 0 Å². The number of methoxy groups -OCH3 is 1. The van der Waals surface area contributed by atoms with E-state index >= 15 is 0 Å². The summed E-state index contributed by atoms with van der Waals surface area (Å²) in [5.74, 6) is 1.50. The first-order chi connectivity index (χ1) is 9.33. The van der Waals surface area contributed by atoms with Gasteiger partial charge in [-0.1, -0.05) is 30.4 Å². The van der Waals surface area contributed by atoms with Crippen LogP contribution >= 0.6 is 11.3 Å². The van der Waals surface area contributed by atoms with Crippen LogP contribution in [0.5, 0.6) is 11.5 Å². The number of hydrogen-bond donors (Lipinski definition) is 1. The molecule has 5 heteroatoms. The summed E-state index contributed by atoms with van der Waals surface area (Å²) in [5, 5.41) is 4.21. The molecule has 19 heavy (non-hydrogen) atoms. The van der Waals surface area contributed by atoms with Crippen LogP contribution in [-0.2, 0) is 6.61 Å². The molecule has 102 valence electrons. The molecule has 0 spiro atoms. The first kappa shape index (κ1) is 13.7. The third-order valence-corrected chi connectivity index (χ3v) is 3.45. The Bertz CT molecular complexity index is 514. The van der Waals surface area contributed by atoms with Crippen molar-refractivity contribution >= 4 is 16.5 Å². The zero-order valence-corrected chi connectivity index (χ0v) is 12.0. The summed E-state index contributed by atoms with van der Waals surface area (Å²) >= 11 is 1.62. The number of anilines is 1. The van der Waals surface area contributed by atoms with Crippen LogP contribution in [0, 0.1) is 0 Å². The summed E-state index contributed by atoms with van der Waals surface area (Å²) in [4.78, 5) is 5.39. The highest BCUT2D eigenvalue weighted by Gasteiger charge is 2.05. The maximum absolute atomic E-state index is 5.75. The van der Waals surface area contributed by atoms with E-state index in [1.54, 1.807) is 18.4 Å². The van der Waals surface area contributed by atoms with E-state index in [-0.39, 0.29) is 0 Å². The maximum Gasteiger partial charge on any atom is 0.182 e. The summed E-state index contributed by atoms with van der Waals surface area (Å²) in [7, 11) is 1.64. The topological polar surface area (TPSA) is 43.4 Å². The Morgan fingerprint density at radius 3 is 2.79 bits per heavy atom. The zero-order valence-electron chi connectivity index (χ0n) is 11.2. The van der Waals surface area contributed by atoms with Crippen molar-refractivity contribution in [3.63, 3.8) is 0 Å². The molecular weight excluding hydrogens is 260 g/mol. The summed E-state index contributed by atoms with van der Waals surface area (Å²) in [5.41, 5.74) is 0. The number of nitrogens with one attached hydrogen (secondary N) is 1. The van der Waals surface area contributed by atoms with Crippen molar-refractivity contribution in [2.45, 2.75) is 20.0 Å². The van der Waals surface area contributed by atoms with Gasteiger partial charge >= 0.3 is 0 Å². The second-order valence-corrected chi connectivity index (χ2v) is 5.11. The van der Waals surface area contributed by atoms with Crippen molar-refractivity contribution < 1.29 is 9.47 Å². The minimum absolute atomic E-state index is 0.506. The Hall–Kier alpha value is -1.75. The van der Waals surface area contributed by atoms with E-state index in [4.69, 9.17) is 9.47 Å². The van der Waals surface area contributed by atoms with Gasteiger partial charge in [-0.2, -0.15) is 0 Å². The van der Waals surface area contributed by atoms with Gasteiger partial charge in [-0.25, -0.2) is 4.98 Å². The molecule has 1 heterocycles. The third-order valence-electron chi connectivity index (χ3n) is 2.52. The highest BCUT2D eigenvalue weighted by atomic mass is 32.1. The Balaban J connectivity index is 1.93. The van der Waals surface area contributed by atoms with E-state index in [0.717, 1.165) is 34.5 Å². The number of aromatic nitrogens is 1. The first-order valence-electron chi connectivity index (χ1n) is 6.28. The van der Waals surface area contributed by atoms with Crippen molar-refractivity contribution in [2.24, 2.45) is 0 Å². The molecule has 0 unspecified atom stereocenters. The lowest BCUT2D eigenvalue weighted by molar-refractivity contribution is 0.287. The normalized spacial score (nSPS) is 10.2. The average molecular weight is 278 g/mol. The predicted octanol–water partition coefficient (Wildman–Crippen LogP) is 3.55. The summed E-state index contributed by atoms with van der Waals surface area (Å²) in [6.07, 6.45) is 2.94. The molecule has 0 aliphatic heterocycles. The molecule has 0 saturated heterocycles. The second kappa shape index (κ2) is 6.99. The van der Waals surface area contributed by atoms with Crippen LogP contribution < -0.4 is 14.8 Å². The smallest absolute Gasteiger partial charge is 0.182 e. The third kappa shape index (κ3) is 3.86. The average Bonchev–Trinajstić information content (AvgIpc) is 2.91. The minimum atomic E-state index is 0.506. The number of nitrogens with zero attached hydrogens (tertiary/aromatic N) is 1. The molecule has 2 aromatic rings. The summed E-state index contributed by atoms with van der Waals surface area (Å²) in [6.45, 7) is 3.58. The van der Waals surface area contributed by atoms with Gasteiger partial charge < -0.3 is 14.8 Å². The van der Waals surface area contributed by atoms with Crippen molar-refractivity contribution in [3.05, 3.63) is 35.3 Å². The van der Waals surface area contributed by atoms with Crippen LogP contribution in [0.25, 0.3) is 0 Å². The molecule has 0 amide bonds. The number of ether oxygens (including phenoxy) is 2. The van der Waals surface area contributed by atoms with Crippen molar-refractivity contribution in [1.82, 2.24) is 4.98 Å². The number of para-hydroxylation sites is 2. The largest absolute Gasteiger partial charge is 0.493 e. The number of hydrogen-bond acceptors (Lipinski definition) is 5. The molecule has 0 saturated carbocycles. The molecule has 0 atom stereocenters. The van der Waals surface area contributed by atoms with Gasteiger partial charge in [0, 0.05) is 12.7 Å². The lowest BCUT2D eigenvalue weighted by atomic mass is 10.3. The molecule has 0 aliphatic rings. The second-order valence-electron chi connectivity index (χ2n) is 4.00. The summed E-state index contributed by atoms with van der Waals surface area (Å²) in [6, 6.07) is 7.64. The fraction of sp³-hybridized carbons (Fsp3) is 0.357.